The quantitative estimate of drug-likeness (QED) is 0.687. The summed E-state index contributed by atoms with van der Waals surface area (Å²) >= 11 is 1.82. The second-order valence-corrected chi connectivity index (χ2v) is 8.35. The van der Waals surface area contributed by atoms with Crippen LogP contribution in [0.15, 0.2) is 35.7 Å². The number of nitrogens with one attached hydrogen (secondary N) is 1. The van der Waals surface area contributed by atoms with Crippen LogP contribution in [-0.2, 0) is 17.9 Å². The van der Waals surface area contributed by atoms with Crippen LogP contribution in [0, 0.1) is 5.92 Å². The minimum absolute atomic E-state index is 0.105. The molecule has 3 rings (SSSR count). The minimum Gasteiger partial charge on any atom is -0.497 e. The molecule has 1 aliphatic rings. The standard InChI is InChI=1S/C22H30N2O3S/c1-26-19-9-8-18(21(13-19)27-2)14-23-22(25)10-7-17-5-3-11-24(15-17)16-20-6-4-12-28-20/h4,6,8-9,12-13,17H,3,5,7,10-11,14-16H2,1-2H3,(H,23,25)/t17-/m1/s1. The van der Waals surface area contributed by atoms with Gasteiger partial charge in [0.05, 0.1) is 14.2 Å². The number of amides is 1. The van der Waals surface area contributed by atoms with Crippen LogP contribution in [0.25, 0.3) is 0 Å². The molecule has 2 aromatic rings. The van der Waals surface area contributed by atoms with E-state index >= 15 is 0 Å². The van der Waals surface area contributed by atoms with Crippen molar-refractivity contribution in [3.05, 3.63) is 46.2 Å². The van der Waals surface area contributed by atoms with Gasteiger partial charge >= 0.3 is 0 Å². The zero-order valence-electron chi connectivity index (χ0n) is 16.8. The van der Waals surface area contributed by atoms with Crippen molar-refractivity contribution in [2.75, 3.05) is 27.3 Å². The molecule has 1 aromatic carbocycles. The normalized spacial score (nSPS) is 17.3. The fourth-order valence-electron chi connectivity index (χ4n) is 3.77. The summed E-state index contributed by atoms with van der Waals surface area (Å²) in [6.07, 6.45) is 3.98. The number of thiophene rings is 1. The van der Waals surface area contributed by atoms with E-state index in [1.165, 1.54) is 17.7 Å². The Morgan fingerprint density at radius 3 is 2.93 bits per heavy atom. The van der Waals surface area contributed by atoms with Crippen LogP contribution in [-0.4, -0.2) is 38.1 Å². The van der Waals surface area contributed by atoms with Gasteiger partial charge in [0.25, 0.3) is 0 Å². The first-order chi connectivity index (χ1) is 13.7. The molecule has 1 N–H and O–H groups in total. The summed E-state index contributed by atoms with van der Waals surface area (Å²) < 4.78 is 10.6. The molecule has 1 aliphatic heterocycles. The van der Waals surface area contributed by atoms with E-state index in [0.29, 0.717) is 18.9 Å². The van der Waals surface area contributed by atoms with Crippen LogP contribution in [0.5, 0.6) is 11.5 Å². The Kier molecular flexibility index (Phi) is 7.74. The van der Waals surface area contributed by atoms with Gasteiger partial charge in [-0.25, -0.2) is 0 Å². The molecule has 0 bridgehead atoms. The van der Waals surface area contributed by atoms with Crippen LogP contribution >= 0.6 is 11.3 Å². The Labute approximate surface area is 171 Å². The second-order valence-electron chi connectivity index (χ2n) is 7.32. The molecule has 5 nitrogen and oxygen atoms in total. The summed E-state index contributed by atoms with van der Waals surface area (Å²) in [5.74, 6) is 2.19. The van der Waals surface area contributed by atoms with Crippen LogP contribution in [0.4, 0.5) is 0 Å². The topological polar surface area (TPSA) is 50.8 Å². The molecule has 152 valence electrons. The Morgan fingerprint density at radius 1 is 1.29 bits per heavy atom. The van der Waals surface area contributed by atoms with Crippen LogP contribution < -0.4 is 14.8 Å². The van der Waals surface area contributed by atoms with Crippen molar-refractivity contribution in [3.8, 4) is 11.5 Å². The summed E-state index contributed by atoms with van der Waals surface area (Å²) in [7, 11) is 3.26. The predicted molar refractivity (Wildman–Crippen MR) is 113 cm³/mol. The van der Waals surface area contributed by atoms with Gasteiger partial charge < -0.3 is 14.8 Å². The number of likely N-dealkylation sites (tertiary alicyclic amines) is 1. The Morgan fingerprint density at radius 2 is 2.18 bits per heavy atom. The van der Waals surface area contributed by atoms with Crippen LogP contribution in [0.2, 0.25) is 0 Å². The van der Waals surface area contributed by atoms with E-state index < -0.39 is 0 Å². The number of nitrogens with zero attached hydrogens (tertiary/aromatic N) is 1. The van der Waals surface area contributed by atoms with Crippen LogP contribution in [0.3, 0.4) is 0 Å². The first kappa shape index (κ1) is 20.7. The van der Waals surface area contributed by atoms with Crippen molar-refractivity contribution in [1.82, 2.24) is 10.2 Å². The van der Waals surface area contributed by atoms with Gasteiger partial charge in [-0.2, -0.15) is 0 Å². The fraction of sp³-hybridized carbons (Fsp3) is 0.500. The van der Waals surface area contributed by atoms with Crippen molar-refractivity contribution in [3.63, 3.8) is 0 Å². The molecule has 1 aromatic heterocycles. The van der Waals surface area contributed by atoms with Crippen LogP contribution in [0.1, 0.15) is 36.1 Å². The number of piperidine rings is 1. The molecular formula is C22H30N2O3S. The van der Waals surface area contributed by atoms with Crippen molar-refractivity contribution in [2.45, 2.75) is 38.8 Å². The smallest absolute Gasteiger partial charge is 0.220 e. The van der Waals surface area contributed by atoms with Gasteiger partial charge in [0.2, 0.25) is 5.91 Å². The summed E-state index contributed by atoms with van der Waals surface area (Å²) in [4.78, 5) is 16.3. The Bertz CT molecular complexity index is 748. The lowest BCUT2D eigenvalue weighted by Crippen LogP contribution is -2.35. The molecule has 1 atom stereocenters. The third kappa shape index (κ3) is 5.97. The van der Waals surface area contributed by atoms with E-state index in [1.54, 1.807) is 14.2 Å². The van der Waals surface area contributed by atoms with E-state index in [1.807, 2.05) is 29.5 Å². The zero-order chi connectivity index (χ0) is 19.8. The fourth-order valence-corrected chi connectivity index (χ4v) is 4.51. The molecule has 2 heterocycles. The molecule has 0 saturated carbocycles. The summed E-state index contributed by atoms with van der Waals surface area (Å²) in [5, 5.41) is 5.16. The van der Waals surface area contributed by atoms with E-state index in [-0.39, 0.29) is 5.91 Å². The molecule has 1 saturated heterocycles. The lowest BCUT2D eigenvalue weighted by atomic mass is 9.93. The van der Waals surface area contributed by atoms with E-state index in [0.717, 1.165) is 43.1 Å². The highest BCUT2D eigenvalue weighted by molar-refractivity contribution is 7.09. The second kappa shape index (κ2) is 10.5. The van der Waals surface area contributed by atoms with Gasteiger partial charge in [-0.15, -0.1) is 11.3 Å². The largest absolute Gasteiger partial charge is 0.497 e. The lowest BCUT2D eigenvalue weighted by molar-refractivity contribution is -0.121. The maximum atomic E-state index is 12.3. The first-order valence-corrected chi connectivity index (χ1v) is 10.8. The highest BCUT2D eigenvalue weighted by atomic mass is 32.1. The van der Waals surface area contributed by atoms with E-state index in [4.69, 9.17) is 9.47 Å². The summed E-state index contributed by atoms with van der Waals surface area (Å²) in [6.45, 7) is 3.77. The predicted octanol–water partition coefficient (Wildman–Crippen LogP) is 4.07. The summed E-state index contributed by atoms with van der Waals surface area (Å²) in [5.41, 5.74) is 0.955. The van der Waals surface area contributed by atoms with Gasteiger partial charge in [-0.1, -0.05) is 6.07 Å². The molecule has 28 heavy (non-hydrogen) atoms. The third-order valence-electron chi connectivity index (χ3n) is 5.31. The molecule has 0 unspecified atom stereocenters. The molecule has 0 radical (unpaired) electrons. The summed E-state index contributed by atoms with van der Waals surface area (Å²) in [6, 6.07) is 9.97. The minimum atomic E-state index is 0.105. The molecule has 1 amide bonds. The SMILES string of the molecule is COc1ccc(CNC(=O)CC[C@H]2CCCN(Cc3cccs3)C2)c(OC)c1. The molecular weight excluding hydrogens is 372 g/mol. The lowest BCUT2D eigenvalue weighted by Gasteiger charge is -2.32. The Hall–Kier alpha value is -2.05. The highest BCUT2D eigenvalue weighted by Gasteiger charge is 2.21. The molecule has 6 heteroatoms. The maximum Gasteiger partial charge on any atom is 0.220 e. The van der Waals surface area contributed by atoms with E-state index in [9.17, 15) is 4.79 Å². The van der Waals surface area contributed by atoms with Gasteiger partial charge in [0.15, 0.2) is 0 Å². The van der Waals surface area contributed by atoms with E-state index in [2.05, 4.69) is 27.7 Å². The van der Waals surface area contributed by atoms with Gasteiger partial charge in [0, 0.05) is 42.6 Å². The van der Waals surface area contributed by atoms with Crippen molar-refractivity contribution in [1.29, 1.82) is 0 Å². The van der Waals surface area contributed by atoms with Gasteiger partial charge in [-0.05, 0) is 55.3 Å². The monoisotopic (exact) mass is 402 g/mol. The number of carbonyl (C=O) groups excluding carboxylic acids is 1. The van der Waals surface area contributed by atoms with Crippen molar-refractivity contribution >= 4 is 17.2 Å². The molecule has 0 aliphatic carbocycles. The number of rotatable bonds is 9. The number of ether oxygens (including phenoxy) is 2. The first-order valence-electron chi connectivity index (χ1n) is 9.90. The molecule has 1 fully saturated rings. The van der Waals surface area contributed by atoms with Gasteiger partial charge in [0.1, 0.15) is 11.5 Å². The van der Waals surface area contributed by atoms with Crippen molar-refractivity contribution < 1.29 is 14.3 Å². The number of benzene rings is 1. The maximum absolute atomic E-state index is 12.3. The molecule has 0 spiro atoms. The number of methoxy groups -OCH3 is 2. The Balaban J connectivity index is 1.41. The average Bonchev–Trinajstić information content (AvgIpc) is 3.23. The number of hydrogen-bond donors (Lipinski definition) is 1. The number of hydrogen-bond acceptors (Lipinski definition) is 5. The zero-order valence-corrected chi connectivity index (χ0v) is 17.6. The highest BCUT2D eigenvalue weighted by Crippen LogP contribution is 2.25. The third-order valence-corrected chi connectivity index (χ3v) is 6.17. The number of carbonyl (C=O) groups is 1. The average molecular weight is 403 g/mol. The van der Waals surface area contributed by atoms with Gasteiger partial charge in [-0.3, -0.25) is 9.69 Å². The van der Waals surface area contributed by atoms with Crippen molar-refractivity contribution in [2.24, 2.45) is 5.92 Å².